The molecule has 1 aliphatic heterocycles. The Bertz CT molecular complexity index is 537. The minimum atomic E-state index is -3.49. The Kier molecular flexibility index (Phi) is 4.44. The largest absolute Gasteiger partial charge is 0.399 e. The first-order chi connectivity index (χ1) is 8.99. The number of nitrogens with one attached hydrogen (secondary N) is 1. The van der Waals surface area contributed by atoms with Crippen LogP contribution in [0.25, 0.3) is 0 Å². The van der Waals surface area contributed by atoms with Crippen LogP contribution in [-0.2, 0) is 14.8 Å². The minimum Gasteiger partial charge on any atom is -0.399 e. The molecule has 2 rings (SSSR count). The van der Waals surface area contributed by atoms with Crippen LogP contribution < -0.4 is 10.5 Å². The summed E-state index contributed by atoms with van der Waals surface area (Å²) in [4.78, 5) is 0.275. The van der Waals surface area contributed by atoms with Crippen LogP contribution in [0.2, 0.25) is 0 Å². The summed E-state index contributed by atoms with van der Waals surface area (Å²) in [5.74, 6) is 0. The predicted octanol–water partition coefficient (Wildman–Crippen LogP) is 1.42. The first-order valence-corrected chi connectivity index (χ1v) is 7.95. The summed E-state index contributed by atoms with van der Waals surface area (Å²) in [6.07, 6.45) is 3.04. The third-order valence-electron chi connectivity index (χ3n) is 3.26. The van der Waals surface area contributed by atoms with Crippen LogP contribution in [0.5, 0.6) is 0 Å². The van der Waals surface area contributed by atoms with Crippen LogP contribution >= 0.6 is 0 Å². The third kappa shape index (κ3) is 3.68. The van der Waals surface area contributed by atoms with Crippen molar-refractivity contribution in [2.24, 2.45) is 0 Å². The lowest BCUT2D eigenvalue weighted by Crippen LogP contribution is -2.35. The lowest BCUT2D eigenvalue weighted by molar-refractivity contribution is 0.0200. The van der Waals surface area contributed by atoms with E-state index in [1.54, 1.807) is 19.1 Å². The van der Waals surface area contributed by atoms with Gasteiger partial charge in [-0.2, -0.15) is 0 Å². The molecule has 1 aliphatic rings. The number of hydrogen-bond acceptors (Lipinski definition) is 4. The quantitative estimate of drug-likeness (QED) is 0.819. The SMILES string of the molecule is Cc1cc(N)ccc1S(=O)(=O)NCC1CCCCO1. The number of benzene rings is 1. The first kappa shape index (κ1) is 14.3. The molecule has 1 saturated heterocycles. The van der Waals surface area contributed by atoms with Crippen molar-refractivity contribution in [3.8, 4) is 0 Å². The Labute approximate surface area is 114 Å². The Morgan fingerprint density at radius 2 is 2.21 bits per heavy atom. The van der Waals surface area contributed by atoms with E-state index in [0.29, 0.717) is 24.4 Å². The van der Waals surface area contributed by atoms with E-state index in [9.17, 15) is 8.42 Å². The van der Waals surface area contributed by atoms with Gasteiger partial charge in [0.25, 0.3) is 0 Å². The van der Waals surface area contributed by atoms with E-state index in [0.717, 1.165) is 19.3 Å². The van der Waals surface area contributed by atoms with Crippen molar-refractivity contribution in [1.29, 1.82) is 0 Å². The summed E-state index contributed by atoms with van der Waals surface area (Å²) in [5.41, 5.74) is 6.84. The summed E-state index contributed by atoms with van der Waals surface area (Å²) in [6, 6.07) is 4.79. The molecular weight excluding hydrogens is 264 g/mol. The topological polar surface area (TPSA) is 81.4 Å². The van der Waals surface area contributed by atoms with Gasteiger partial charge >= 0.3 is 0 Å². The fourth-order valence-corrected chi connectivity index (χ4v) is 3.51. The standard InChI is InChI=1S/C13H20N2O3S/c1-10-8-11(14)5-6-13(10)19(16,17)15-9-12-4-2-3-7-18-12/h5-6,8,12,15H,2-4,7,9,14H2,1H3. The van der Waals surface area contributed by atoms with Crippen LogP contribution in [0.4, 0.5) is 5.69 Å². The molecule has 1 heterocycles. The molecular formula is C13H20N2O3S. The molecule has 0 bridgehead atoms. The number of anilines is 1. The molecule has 0 saturated carbocycles. The molecule has 1 aromatic carbocycles. The molecule has 106 valence electrons. The smallest absolute Gasteiger partial charge is 0.240 e. The molecule has 1 unspecified atom stereocenters. The maximum atomic E-state index is 12.2. The number of sulfonamides is 1. The lowest BCUT2D eigenvalue weighted by atomic mass is 10.1. The molecule has 1 aromatic rings. The van der Waals surface area contributed by atoms with E-state index < -0.39 is 10.0 Å². The summed E-state index contributed by atoms with van der Waals surface area (Å²) in [6.45, 7) is 2.78. The van der Waals surface area contributed by atoms with Gasteiger partial charge in [0.05, 0.1) is 11.0 Å². The van der Waals surface area contributed by atoms with Gasteiger partial charge in [-0.3, -0.25) is 0 Å². The fourth-order valence-electron chi connectivity index (χ4n) is 2.22. The molecule has 5 nitrogen and oxygen atoms in total. The average Bonchev–Trinajstić information content (AvgIpc) is 2.37. The maximum absolute atomic E-state index is 12.2. The first-order valence-electron chi connectivity index (χ1n) is 6.46. The minimum absolute atomic E-state index is 0.0161. The summed E-state index contributed by atoms with van der Waals surface area (Å²) in [7, 11) is -3.49. The number of aryl methyl sites for hydroxylation is 1. The van der Waals surface area contributed by atoms with E-state index in [4.69, 9.17) is 10.5 Å². The van der Waals surface area contributed by atoms with Crippen molar-refractivity contribution in [2.45, 2.75) is 37.2 Å². The Morgan fingerprint density at radius 1 is 1.42 bits per heavy atom. The molecule has 1 fully saturated rings. The van der Waals surface area contributed by atoms with Crippen molar-refractivity contribution in [3.63, 3.8) is 0 Å². The van der Waals surface area contributed by atoms with Gasteiger partial charge in [0.2, 0.25) is 10.0 Å². The third-order valence-corrected chi connectivity index (χ3v) is 4.85. The zero-order valence-corrected chi connectivity index (χ0v) is 11.9. The predicted molar refractivity (Wildman–Crippen MR) is 74.4 cm³/mol. The van der Waals surface area contributed by atoms with Gasteiger partial charge < -0.3 is 10.5 Å². The highest BCUT2D eigenvalue weighted by molar-refractivity contribution is 7.89. The van der Waals surface area contributed by atoms with Crippen molar-refractivity contribution in [1.82, 2.24) is 4.72 Å². The number of nitrogens with two attached hydrogens (primary N) is 1. The molecule has 0 aliphatic carbocycles. The van der Waals surface area contributed by atoms with Gasteiger partial charge in [-0.1, -0.05) is 0 Å². The molecule has 3 N–H and O–H groups in total. The number of hydrogen-bond donors (Lipinski definition) is 2. The fraction of sp³-hybridized carbons (Fsp3) is 0.538. The van der Waals surface area contributed by atoms with E-state index in [-0.39, 0.29) is 11.0 Å². The molecule has 0 spiro atoms. The molecule has 0 radical (unpaired) electrons. The molecule has 0 aromatic heterocycles. The zero-order valence-electron chi connectivity index (χ0n) is 11.1. The summed E-state index contributed by atoms with van der Waals surface area (Å²) >= 11 is 0. The lowest BCUT2D eigenvalue weighted by Gasteiger charge is -2.22. The van der Waals surface area contributed by atoms with E-state index in [1.807, 2.05) is 0 Å². The van der Waals surface area contributed by atoms with Gasteiger partial charge in [0.15, 0.2) is 0 Å². The molecule has 6 heteroatoms. The van der Waals surface area contributed by atoms with Crippen LogP contribution in [0.3, 0.4) is 0 Å². The number of rotatable bonds is 4. The second-order valence-electron chi connectivity index (χ2n) is 4.87. The summed E-state index contributed by atoms with van der Waals surface area (Å²) < 4.78 is 32.5. The van der Waals surface area contributed by atoms with Gasteiger partial charge in [-0.05, 0) is 49.9 Å². The Balaban J connectivity index is 2.05. The highest BCUT2D eigenvalue weighted by Crippen LogP contribution is 2.18. The highest BCUT2D eigenvalue weighted by atomic mass is 32.2. The monoisotopic (exact) mass is 284 g/mol. The van der Waals surface area contributed by atoms with E-state index in [1.165, 1.54) is 6.07 Å². The Morgan fingerprint density at radius 3 is 2.84 bits per heavy atom. The number of nitrogen functional groups attached to an aromatic ring is 1. The number of ether oxygens (including phenoxy) is 1. The second kappa shape index (κ2) is 5.90. The van der Waals surface area contributed by atoms with Crippen LogP contribution in [0.1, 0.15) is 24.8 Å². The van der Waals surface area contributed by atoms with Crippen LogP contribution in [0, 0.1) is 6.92 Å². The molecule has 0 amide bonds. The van der Waals surface area contributed by atoms with Crippen molar-refractivity contribution < 1.29 is 13.2 Å². The maximum Gasteiger partial charge on any atom is 0.240 e. The van der Waals surface area contributed by atoms with Crippen molar-refractivity contribution in [2.75, 3.05) is 18.9 Å². The average molecular weight is 284 g/mol. The normalized spacial score (nSPS) is 20.4. The van der Waals surface area contributed by atoms with Crippen molar-refractivity contribution in [3.05, 3.63) is 23.8 Å². The van der Waals surface area contributed by atoms with Crippen LogP contribution in [-0.4, -0.2) is 27.7 Å². The zero-order chi connectivity index (χ0) is 13.9. The second-order valence-corrected chi connectivity index (χ2v) is 6.60. The van der Waals surface area contributed by atoms with Gasteiger partial charge in [-0.15, -0.1) is 0 Å². The van der Waals surface area contributed by atoms with Gasteiger partial charge in [-0.25, -0.2) is 13.1 Å². The molecule has 1 atom stereocenters. The Hall–Kier alpha value is -1.11. The molecule has 19 heavy (non-hydrogen) atoms. The van der Waals surface area contributed by atoms with E-state index >= 15 is 0 Å². The van der Waals surface area contributed by atoms with Crippen molar-refractivity contribution >= 4 is 15.7 Å². The summed E-state index contributed by atoms with van der Waals surface area (Å²) in [5, 5.41) is 0. The highest BCUT2D eigenvalue weighted by Gasteiger charge is 2.20. The van der Waals surface area contributed by atoms with Gasteiger partial charge in [0.1, 0.15) is 0 Å². The van der Waals surface area contributed by atoms with E-state index in [2.05, 4.69) is 4.72 Å². The van der Waals surface area contributed by atoms with Crippen LogP contribution in [0.15, 0.2) is 23.1 Å². The van der Waals surface area contributed by atoms with Gasteiger partial charge in [0, 0.05) is 18.8 Å².